The average Bonchev–Trinajstić information content (AvgIpc) is 2.78. The number of hydrogen-bond donors (Lipinski definition) is 5. The molecule has 0 saturated heterocycles. The van der Waals surface area contributed by atoms with Gasteiger partial charge in [0, 0.05) is 28.9 Å². The minimum absolute atomic E-state index is 0.0545. The van der Waals surface area contributed by atoms with Gasteiger partial charge >= 0.3 is 0 Å². The molecule has 1 heterocycles. The highest BCUT2D eigenvalue weighted by molar-refractivity contribution is 6.02. The predicted octanol–water partition coefficient (Wildman–Crippen LogP) is -0.180. The van der Waals surface area contributed by atoms with E-state index in [1.807, 2.05) is 0 Å². The summed E-state index contributed by atoms with van der Waals surface area (Å²) in [5.74, 6) is -3.22. The maximum absolute atomic E-state index is 12.9. The Balaban J connectivity index is 2.08. The molecule has 4 amide bonds. The van der Waals surface area contributed by atoms with E-state index in [-0.39, 0.29) is 29.2 Å². The average molecular weight is 471 g/mol. The maximum Gasteiger partial charge on any atom is 0.270 e. The van der Waals surface area contributed by atoms with Crippen molar-refractivity contribution in [3.63, 3.8) is 0 Å². The summed E-state index contributed by atoms with van der Waals surface area (Å²) in [6.07, 6.45) is -1.36. The number of ether oxygens (including phenoxy) is 1. The Morgan fingerprint density at radius 3 is 2.62 bits per heavy atom. The third-order valence-electron chi connectivity index (χ3n) is 4.94. The van der Waals surface area contributed by atoms with Gasteiger partial charge in [0.25, 0.3) is 11.6 Å². The van der Waals surface area contributed by atoms with E-state index in [1.165, 1.54) is 31.2 Å². The van der Waals surface area contributed by atoms with E-state index < -0.39 is 52.9 Å². The van der Waals surface area contributed by atoms with Gasteiger partial charge in [-0.25, -0.2) is 0 Å². The number of rotatable bonds is 3. The summed E-state index contributed by atoms with van der Waals surface area (Å²) < 4.78 is 5.71. The van der Waals surface area contributed by atoms with Crippen LogP contribution in [0.5, 0.6) is 5.75 Å². The Morgan fingerprint density at radius 2 is 1.97 bits per heavy atom. The summed E-state index contributed by atoms with van der Waals surface area (Å²) in [7, 11) is 0. The van der Waals surface area contributed by atoms with Crippen LogP contribution in [-0.2, 0) is 16.2 Å². The minimum Gasteiger partial charge on any atom is -0.488 e. The molecule has 0 bridgehead atoms. The predicted molar refractivity (Wildman–Crippen MR) is 117 cm³/mol. The number of nitrogens with two attached hydrogens (primary N) is 1. The number of nitrogens with one attached hydrogen (secondary N) is 3. The Bertz CT molecular complexity index is 1180. The Hall–Kier alpha value is -4.52. The summed E-state index contributed by atoms with van der Waals surface area (Å²) in [4.78, 5) is 59.9. The zero-order valence-corrected chi connectivity index (χ0v) is 17.9. The zero-order chi connectivity index (χ0) is 25.0. The van der Waals surface area contributed by atoms with Crippen LogP contribution in [0.3, 0.4) is 0 Å². The molecule has 0 fully saturated rings. The van der Waals surface area contributed by atoms with Crippen LogP contribution in [0.25, 0.3) is 0 Å². The molecular formula is C21H21N5O8. The highest BCUT2D eigenvalue weighted by atomic mass is 16.6. The van der Waals surface area contributed by atoms with Gasteiger partial charge in [-0.15, -0.1) is 0 Å². The molecule has 0 aromatic heterocycles. The molecule has 0 radical (unpaired) electrons. The van der Waals surface area contributed by atoms with E-state index in [4.69, 9.17) is 10.5 Å². The number of hydrogen-bond acceptors (Lipinski definition) is 8. The fourth-order valence-corrected chi connectivity index (χ4v) is 3.16. The third-order valence-corrected chi connectivity index (χ3v) is 4.94. The number of aliphatic hydroxyl groups excluding tert-OH is 1. The van der Waals surface area contributed by atoms with Crippen molar-refractivity contribution < 1.29 is 33.9 Å². The van der Waals surface area contributed by atoms with Gasteiger partial charge in [-0.1, -0.05) is 6.07 Å². The van der Waals surface area contributed by atoms with Gasteiger partial charge in [0.05, 0.1) is 23.1 Å². The molecule has 6 N–H and O–H groups in total. The lowest BCUT2D eigenvalue weighted by Gasteiger charge is -2.22. The molecule has 0 spiro atoms. The fourth-order valence-electron chi connectivity index (χ4n) is 3.16. The van der Waals surface area contributed by atoms with Crippen LogP contribution in [0.1, 0.15) is 33.2 Å². The Kier molecular flexibility index (Phi) is 7.06. The number of benzene rings is 2. The van der Waals surface area contributed by atoms with Gasteiger partial charge in [-0.2, -0.15) is 0 Å². The summed E-state index contributed by atoms with van der Waals surface area (Å²) in [5, 5.41) is 28.4. The summed E-state index contributed by atoms with van der Waals surface area (Å²) in [6.45, 7) is 0.542. The van der Waals surface area contributed by atoms with E-state index in [9.17, 15) is 34.4 Å². The second-order valence-electron chi connectivity index (χ2n) is 7.42. The van der Waals surface area contributed by atoms with Gasteiger partial charge < -0.3 is 31.5 Å². The molecule has 13 nitrogen and oxygen atoms in total. The van der Waals surface area contributed by atoms with Crippen LogP contribution in [0.2, 0.25) is 0 Å². The number of carbonyl (C=O) groups excluding carboxylic acids is 4. The minimum atomic E-state index is -1.47. The van der Waals surface area contributed by atoms with Crippen LogP contribution in [0.4, 0.5) is 11.4 Å². The molecular weight excluding hydrogens is 450 g/mol. The van der Waals surface area contributed by atoms with E-state index in [1.54, 1.807) is 0 Å². The van der Waals surface area contributed by atoms with Crippen molar-refractivity contribution in [2.45, 2.75) is 25.7 Å². The molecule has 0 unspecified atom stereocenters. The number of carbonyl (C=O) groups is 4. The number of aliphatic hydroxyl groups is 1. The molecule has 2 aromatic rings. The van der Waals surface area contributed by atoms with Crippen molar-refractivity contribution in [2.75, 3.05) is 11.9 Å². The van der Waals surface area contributed by atoms with Gasteiger partial charge in [0.1, 0.15) is 18.4 Å². The van der Waals surface area contributed by atoms with Gasteiger partial charge in [-0.3, -0.25) is 29.3 Å². The van der Waals surface area contributed by atoms with E-state index in [2.05, 4.69) is 16.0 Å². The summed E-state index contributed by atoms with van der Waals surface area (Å²) in [5.41, 5.74) is 5.34. The fraction of sp³-hybridized carbons (Fsp3) is 0.238. The number of primary amides is 1. The molecule has 0 saturated carbocycles. The number of nitrogens with zero attached hydrogens (tertiary/aromatic N) is 1. The Morgan fingerprint density at radius 1 is 1.24 bits per heavy atom. The number of fused-ring (bicyclic) bond motifs is 2. The monoisotopic (exact) mass is 471 g/mol. The molecule has 0 aliphatic carbocycles. The van der Waals surface area contributed by atoms with Crippen molar-refractivity contribution in [1.29, 1.82) is 0 Å². The molecule has 1 aliphatic heterocycles. The number of amides is 4. The first-order valence-electron chi connectivity index (χ1n) is 9.97. The van der Waals surface area contributed by atoms with E-state index in [0.29, 0.717) is 5.56 Å². The van der Waals surface area contributed by atoms with Gasteiger partial charge in [0.15, 0.2) is 0 Å². The highest BCUT2D eigenvalue weighted by Crippen LogP contribution is 2.27. The van der Waals surface area contributed by atoms with Crippen molar-refractivity contribution in [2.24, 2.45) is 5.73 Å². The second-order valence-corrected chi connectivity index (χ2v) is 7.42. The largest absolute Gasteiger partial charge is 0.488 e. The topological polar surface area (TPSA) is 203 Å². The standard InChI is InChI=1S/C21H21N5O8/c1-10(27)18-21(31)23-8-17(28)24-15-6-11(19(22)29)2-3-12(15)9-34-16-5-4-13(26(32)33)7-14(16)20(30)25-18/h2-7,10,18,27H,8-9H2,1H3,(H2,22,29)(H,23,31)(H,24,28)(H,25,30)/t10-,18+/m1/s1. The van der Waals surface area contributed by atoms with Crippen LogP contribution in [0, 0.1) is 10.1 Å². The molecule has 1 aliphatic rings. The number of anilines is 1. The molecule has 2 atom stereocenters. The molecule has 2 aromatic carbocycles. The van der Waals surface area contributed by atoms with Gasteiger partial charge in [-0.05, 0) is 25.1 Å². The number of nitro groups is 1. The van der Waals surface area contributed by atoms with Crippen LogP contribution >= 0.6 is 0 Å². The number of non-ortho nitro benzene ring substituents is 1. The first-order chi connectivity index (χ1) is 16.1. The van der Waals surface area contributed by atoms with E-state index in [0.717, 1.165) is 12.1 Å². The first-order valence-corrected chi connectivity index (χ1v) is 9.97. The van der Waals surface area contributed by atoms with Crippen LogP contribution < -0.4 is 26.4 Å². The summed E-state index contributed by atoms with van der Waals surface area (Å²) >= 11 is 0. The van der Waals surface area contributed by atoms with Crippen LogP contribution in [-0.4, -0.2) is 52.3 Å². The van der Waals surface area contributed by atoms with Crippen molar-refractivity contribution in [3.05, 3.63) is 63.2 Å². The maximum atomic E-state index is 12.9. The van der Waals surface area contributed by atoms with Crippen LogP contribution in [0.15, 0.2) is 36.4 Å². The van der Waals surface area contributed by atoms with Crippen molar-refractivity contribution in [3.8, 4) is 5.75 Å². The highest BCUT2D eigenvalue weighted by Gasteiger charge is 2.29. The Labute approximate surface area is 192 Å². The second kappa shape index (κ2) is 9.95. The van der Waals surface area contributed by atoms with Crippen molar-refractivity contribution in [1.82, 2.24) is 10.6 Å². The zero-order valence-electron chi connectivity index (χ0n) is 17.9. The normalized spacial score (nSPS) is 17.5. The molecule has 13 heteroatoms. The SMILES string of the molecule is C[C@@H](O)[C@@H]1NC(=O)c2cc([N+](=O)[O-])ccc2OCc2ccc(C(N)=O)cc2NC(=O)CNC1=O. The van der Waals surface area contributed by atoms with Gasteiger partial charge in [0.2, 0.25) is 17.7 Å². The molecule has 178 valence electrons. The first kappa shape index (κ1) is 24.1. The lowest BCUT2D eigenvalue weighted by Crippen LogP contribution is -2.53. The van der Waals surface area contributed by atoms with E-state index >= 15 is 0 Å². The quantitative estimate of drug-likeness (QED) is 0.299. The smallest absolute Gasteiger partial charge is 0.270 e. The number of nitro benzene ring substituents is 1. The lowest BCUT2D eigenvalue weighted by atomic mass is 10.1. The lowest BCUT2D eigenvalue weighted by molar-refractivity contribution is -0.384. The molecule has 3 rings (SSSR count). The summed E-state index contributed by atoms with van der Waals surface area (Å²) in [6, 6.07) is 6.08. The van der Waals surface area contributed by atoms with Crippen molar-refractivity contribution >= 4 is 35.0 Å². The third kappa shape index (κ3) is 5.45. The molecule has 34 heavy (non-hydrogen) atoms.